The lowest BCUT2D eigenvalue weighted by molar-refractivity contribution is -0.130. The Morgan fingerprint density at radius 1 is 1.36 bits per heavy atom. The first-order valence-corrected chi connectivity index (χ1v) is 8.78. The van der Waals surface area contributed by atoms with Crippen LogP contribution in [0.2, 0.25) is 0 Å². The van der Waals surface area contributed by atoms with Crippen LogP contribution in [-0.2, 0) is 4.79 Å². The SMILES string of the molecule is CC1(C)NC(=O)N(CCCN2CCCC2c2cccs2)C1=O. The van der Waals surface area contributed by atoms with Gasteiger partial charge in [0.05, 0.1) is 0 Å². The number of amides is 3. The number of carbonyl (C=O) groups is 2. The number of thiophene rings is 1. The number of nitrogens with zero attached hydrogens (tertiary/aromatic N) is 2. The van der Waals surface area contributed by atoms with Gasteiger partial charge in [-0.2, -0.15) is 0 Å². The molecule has 1 N–H and O–H groups in total. The van der Waals surface area contributed by atoms with Gasteiger partial charge in [-0.05, 0) is 51.1 Å². The molecule has 3 heterocycles. The van der Waals surface area contributed by atoms with Crippen LogP contribution in [0.1, 0.15) is 44.0 Å². The molecule has 1 aromatic heterocycles. The van der Waals surface area contributed by atoms with Gasteiger partial charge in [-0.3, -0.25) is 14.6 Å². The smallest absolute Gasteiger partial charge is 0.324 e. The molecule has 0 aliphatic carbocycles. The van der Waals surface area contributed by atoms with Crippen LogP contribution in [0.15, 0.2) is 17.5 Å². The molecule has 2 fully saturated rings. The van der Waals surface area contributed by atoms with E-state index in [4.69, 9.17) is 0 Å². The molecule has 2 aliphatic rings. The molecular formula is C16H23N3O2S. The summed E-state index contributed by atoms with van der Waals surface area (Å²) in [6.45, 7) is 6.04. The zero-order chi connectivity index (χ0) is 15.7. The molecule has 1 atom stereocenters. The van der Waals surface area contributed by atoms with Crippen LogP contribution >= 0.6 is 11.3 Å². The normalized spacial score (nSPS) is 25.0. The maximum Gasteiger partial charge on any atom is 0.325 e. The van der Waals surface area contributed by atoms with Gasteiger partial charge in [-0.1, -0.05) is 6.07 Å². The second kappa shape index (κ2) is 6.01. The van der Waals surface area contributed by atoms with Crippen LogP contribution in [0.25, 0.3) is 0 Å². The van der Waals surface area contributed by atoms with E-state index in [1.807, 2.05) is 11.3 Å². The highest BCUT2D eigenvalue weighted by atomic mass is 32.1. The number of carbonyl (C=O) groups excluding carboxylic acids is 2. The number of hydrogen-bond acceptors (Lipinski definition) is 4. The molecule has 0 radical (unpaired) electrons. The lowest BCUT2D eigenvalue weighted by atomic mass is 10.1. The Morgan fingerprint density at radius 3 is 2.82 bits per heavy atom. The Balaban J connectivity index is 1.53. The van der Waals surface area contributed by atoms with Crippen molar-refractivity contribution in [1.29, 1.82) is 0 Å². The van der Waals surface area contributed by atoms with Crippen LogP contribution in [0.3, 0.4) is 0 Å². The van der Waals surface area contributed by atoms with Crippen LogP contribution in [-0.4, -0.2) is 46.9 Å². The van der Waals surface area contributed by atoms with E-state index in [0.29, 0.717) is 12.6 Å². The standard InChI is InChI=1S/C16H23N3O2S/c1-16(2)14(20)19(15(21)17-16)10-5-9-18-8-3-6-12(18)13-7-4-11-22-13/h4,7,11-12H,3,5-6,8-10H2,1-2H3,(H,17,21). The Hall–Kier alpha value is -1.40. The second-order valence-corrected chi connectivity index (χ2v) is 7.55. The highest BCUT2D eigenvalue weighted by Gasteiger charge is 2.43. The third-order valence-electron chi connectivity index (χ3n) is 4.51. The fourth-order valence-corrected chi connectivity index (χ4v) is 4.25. The Kier molecular flexibility index (Phi) is 4.23. The maximum absolute atomic E-state index is 12.1. The molecule has 0 aromatic carbocycles. The van der Waals surface area contributed by atoms with Gasteiger partial charge in [0.15, 0.2) is 0 Å². The summed E-state index contributed by atoms with van der Waals surface area (Å²) in [6.07, 6.45) is 3.26. The summed E-state index contributed by atoms with van der Waals surface area (Å²) in [5, 5.41) is 4.85. The van der Waals surface area contributed by atoms with Crippen molar-refractivity contribution < 1.29 is 9.59 Å². The van der Waals surface area contributed by atoms with E-state index in [1.54, 1.807) is 13.8 Å². The predicted octanol–water partition coefficient (Wildman–Crippen LogP) is 2.61. The number of rotatable bonds is 5. The zero-order valence-electron chi connectivity index (χ0n) is 13.2. The van der Waals surface area contributed by atoms with Crippen molar-refractivity contribution in [2.24, 2.45) is 0 Å². The van der Waals surface area contributed by atoms with Gasteiger partial charge < -0.3 is 5.32 Å². The average Bonchev–Trinajstić information content (AvgIpc) is 3.15. The second-order valence-electron chi connectivity index (χ2n) is 6.57. The first-order valence-electron chi connectivity index (χ1n) is 7.90. The summed E-state index contributed by atoms with van der Waals surface area (Å²) < 4.78 is 0. The number of nitrogens with one attached hydrogen (secondary N) is 1. The highest BCUT2D eigenvalue weighted by molar-refractivity contribution is 7.10. The predicted molar refractivity (Wildman–Crippen MR) is 86.8 cm³/mol. The number of likely N-dealkylation sites (tertiary alicyclic amines) is 1. The van der Waals surface area contributed by atoms with Crippen molar-refractivity contribution in [3.63, 3.8) is 0 Å². The van der Waals surface area contributed by atoms with Gasteiger partial charge in [0.1, 0.15) is 5.54 Å². The Morgan fingerprint density at radius 2 is 2.18 bits per heavy atom. The minimum absolute atomic E-state index is 0.117. The third-order valence-corrected chi connectivity index (χ3v) is 5.48. The lowest BCUT2D eigenvalue weighted by Crippen LogP contribution is -2.40. The van der Waals surface area contributed by atoms with E-state index in [0.717, 1.165) is 19.5 Å². The largest absolute Gasteiger partial charge is 0.325 e. The quantitative estimate of drug-likeness (QED) is 0.848. The van der Waals surface area contributed by atoms with Gasteiger partial charge in [0, 0.05) is 24.0 Å². The van der Waals surface area contributed by atoms with Crippen LogP contribution in [0.4, 0.5) is 4.79 Å². The summed E-state index contributed by atoms with van der Waals surface area (Å²) in [5.41, 5.74) is -0.760. The molecular weight excluding hydrogens is 298 g/mol. The van der Waals surface area contributed by atoms with Gasteiger partial charge in [0.25, 0.3) is 5.91 Å². The van der Waals surface area contributed by atoms with E-state index >= 15 is 0 Å². The van der Waals surface area contributed by atoms with Gasteiger partial charge in [-0.25, -0.2) is 4.79 Å². The van der Waals surface area contributed by atoms with Crippen molar-refractivity contribution in [2.75, 3.05) is 19.6 Å². The molecule has 0 saturated carbocycles. The fourth-order valence-electron chi connectivity index (χ4n) is 3.35. The average molecular weight is 321 g/mol. The van der Waals surface area contributed by atoms with E-state index in [2.05, 4.69) is 27.7 Å². The minimum Gasteiger partial charge on any atom is -0.324 e. The molecule has 2 saturated heterocycles. The van der Waals surface area contributed by atoms with Gasteiger partial charge in [0.2, 0.25) is 0 Å². The van der Waals surface area contributed by atoms with E-state index in [-0.39, 0.29) is 11.9 Å². The van der Waals surface area contributed by atoms with Crippen molar-refractivity contribution in [2.45, 2.75) is 44.7 Å². The summed E-state index contributed by atoms with van der Waals surface area (Å²) in [4.78, 5) is 29.3. The third kappa shape index (κ3) is 2.90. The van der Waals surface area contributed by atoms with E-state index in [1.165, 1.54) is 22.6 Å². The molecule has 22 heavy (non-hydrogen) atoms. The van der Waals surface area contributed by atoms with Gasteiger partial charge in [-0.15, -0.1) is 11.3 Å². The molecule has 5 nitrogen and oxygen atoms in total. The number of imide groups is 1. The lowest BCUT2D eigenvalue weighted by Gasteiger charge is -2.24. The van der Waals surface area contributed by atoms with Crippen molar-refractivity contribution in [3.05, 3.63) is 22.4 Å². The summed E-state index contributed by atoms with van der Waals surface area (Å²) in [7, 11) is 0. The van der Waals surface area contributed by atoms with E-state index < -0.39 is 5.54 Å². The zero-order valence-corrected chi connectivity index (χ0v) is 14.0. The molecule has 3 amide bonds. The van der Waals surface area contributed by atoms with Crippen LogP contribution in [0, 0.1) is 0 Å². The molecule has 0 spiro atoms. The van der Waals surface area contributed by atoms with Crippen LogP contribution in [0.5, 0.6) is 0 Å². The van der Waals surface area contributed by atoms with E-state index in [9.17, 15) is 9.59 Å². The molecule has 1 unspecified atom stereocenters. The molecule has 120 valence electrons. The highest BCUT2D eigenvalue weighted by Crippen LogP contribution is 2.34. The maximum atomic E-state index is 12.1. The number of hydrogen-bond donors (Lipinski definition) is 1. The summed E-state index contributed by atoms with van der Waals surface area (Å²) in [5.74, 6) is -0.117. The monoisotopic (exact) mass is 321 g/mol. The molecule has 0 bridgehead atoms. The number of urea groups is 1. The molecule has 6 heteroatoms. The van der Waals surface area contributed by atoms with Crippen molar-refractivity contribution in [3.8, 4) is 0 Å². The topological polar surface area (TPSA) is 52.7 Å². The van der Waals surface area contributed by atoms with Gasteiger partial charge >= 0.3 is 6.03 Å². The Labute approximate surface area is 135 Å². The molecule has 3 rings (SSSR count). The van der Waals surface area contributed by atoms with Crippen LogP contribution < -0.4 is 5.32 Å². The Bertz CT molecular complexity index is 556. The first-order chi connectivity index (χ1) is 10.5. The first kappa shape index (κ1) is 15.5. The minimum atomic E-state index is -0.760. The molecule has 1 aromatic rings. The summed E-state index contributed by atoms with van der Waals surface area (Å²) >= 11 is 1.81. The summed E-state index contributed by atoms with van der Waals surface area (Å²) in [6, 6.07) is 4.56. The van der Waals surface area contributed by atoms with Crippen molar-refractivity contribution >= 4 is 23.3 Å². The van der Waals surface area contributed by atoms with Crippen molar-refractivity contribution in [1.82, 2.24) is 15.1 Å². The molecule has 2 aliphatic heterocycles. The fraction of sp³-hybridized carbons (Fsp3) is 0.625.